The fraction of sp³-hybridized carbons (Fsp3) is 0.179. The molecule has 6 aromatic rings. The topological polar surface area (TPSA) is 60.9 Å². The van der Waals surface area contributed by atoms with E-state index in [1.165, 1.54) is 0 Å². The largest absolute Gasteiger partial charge is 0.463 e. The van der Waals surface area contributed by atoms with Crippen LogP contribution in [0.2, 0.25) is 0 Å². The average Bonchev–Trinajstić information content (AvgIpc) is 3.33. The van der Waals surface area contributed by atoms with E-state index in [9.17, 15) is 9.59 Å². The van der Waals surface area contributed by atoms with Crippen molar-refractivity contribution in [2.75, 3.05) is 13.2 Å². The molecule has 0 saturated heterocycles. The third kappa shape index (κ3) is 2.78. The normalized spacial score (nSPS) is 11.8. The van der Waals surface area contributed by atoms with Crippen LogP contribution in [0.3, 0.4) is 0 Å². The van der Waals surface area contributed by atoms with Gasteiger partial charge in [0, 0.05) is 16.8 Å². The predicted octanol–water partition coefficient (Wildman–Crippen LogP) is 5.02. The summed E-state index contributed by atoms with van der Waals surface area (Å²) in [4.78, 5) is 26.1. The lowest BCUT2D eigenvalue weighted by Gasteiger charge is -2.05. The molecule has 0 radical (unpaired) electrons. The Morgan fingerprint density at radius 2 is 1.56 bits per heavy atom. The molecule has 4 aromatic carbocycles. The van der Waals surface area contributed by atoms with Crippen LogP contribution in [0.4, 0.5) is 0 Å². The maximum Gasteiger partial charge on any atom is 0.379 e. The van der Waals surface area contributed by atoms with E-state index in [2.05, 4.69) is 30.3 Å². The van der Waals surface area contributed by atoms with E-state index in [0.29, 0.717) is 12.3 Å². The molecule has 0 saturated carbocycles. The number of para-hydroxylation sites is 2. The number of fused-ring (bicyclic) bond motifs is 6. The van der Waals surface area contributed by atoms with Gasteiger partial charge < -0.3 is 9.47 Å². The molecular weight excluding hydrogens is 428 g/mol. The van der Waals surface area contributed by atoms with Crippen molar-refractivity contribution in [1.29, 1.82) is 0 Å². The zero-order chi connectivity index (χ0) is 23.4. The van der Waals surface area contributed by atoms with Crippen molar-refractivity contribution in [2.45, 2.75) is 20.4 Å². The Morgan fingerprint density at radius 1 is 0.824 bits per heavy atom. The lowest BCUT2D eigenvalue weighted by atomic mass is 10.1. The molecule has 6 heteroatoms. The average molecular weight is 452 g/mol. The minimum Gasteiger partial charge on any atom is -0.463 e. The van der Waals surface area contributed by atoms with E-state index in [1.807, 2.05) is 52.3 Å². The van der Waals surface area contributed by atoms with Gasteiger partial charge in [0.1, 0.15) is 0 Å². The van der Waals surface area contributed by atoms with Gasteiger partial charge in [-0.25, -0.2) is 14.2 Å². The third-order valence-electron chi connectivity index (χ3n) is 6.45. The minimum absolute atomic E-state index is 0.0447. The predicted molar refractivity (Wildman–Crippen MR) is 131 cm³/mol. The van der Waals surface area contributed by atoms with Crippen LogP contribution in [0.15, 0.2) is 66.7 Å². The molecule has 6 nitrogen and oxygen atoms in total. The number of carbonyl (C=O) groups excluding carboxylic acids is 2. The number of carbonyl (C=O) groups is 2. The Morgan fingerprint density at radius 3 is 2.32 bits per heavy atom. The third-order valence-corrected chi connectivity index (χ3v) is 6.45. The molecule has 0 bridgehead atoms. The van der Waals surface area contributed by atoms with Gasteiger partial charge >= 0.3 is 11.9 Å². The van der Waals surface area contributed by atoms with Gasteiger partial charge in [0.25, 0.3) is 5.65 Å². The van der Waals surface area contributed by atoms with Gasteiger partial charge in [-0.3, -0.25) is 0 Å². The van der Waals surface area contributed by atoms with E-state index in [4.69, 9.17) is 9.47 Å². The second-order valence-electron chi connectivity index (χ2n) is 8.28. The van der Waals surface area contributed by atoms with Crippen molar-refractivity contribution in [2.24, 2.45) is 0 Å². The zero-order valence-corrected chi connectivity index (χ0v) is 19.0. The first kappa shape index (κ1) is 20.4. The lowest BCUT2D eigenvalue weighted by molar-refractivity contribution is -0.634. The molecule has 0 fully saturated rings. The summed E-state index contributed by atoms with van der Waals surface area (Å²) in [6, 6.07) is 22.2. The smallest absolute Gasteiger partial charge is 0.379 e. The maximum absolute atomic E-state index is 13.5. The fourth-order valence-corrected chi connectivity index (χ4v) is 5.22. The van der Waals surface area contributed by atoms with Gasteiger partial charge in [-0.15, -0.1) is 0 Å². The number of imidazole rings is 1. The summed E-state index contributed by atoms with van der Waals surface area (Å²) in [6.45, 7) is 4.22. The van der Waals surface area contributed by atoms with Crippen molar-refractivity contribution in [3.63, 3.8) is 0 Å². The summed E-state index contributed by atoms with van der Waals surface area (Å²) >= 11 is 0. The molecule has 34 heavy (non-hydrogen) atoms. The summed E-state index contributed by atoms with van der Waals surface area (Å²) in [6.07, 6.45) is 0. The van der Waals surface area contributed by atoms with Crippen LogP contribution in [0.1, 0.15) is 24.3 Å². The highest BCUT2D eigenvalue weighted by molar-refractivity contribution is 6.33. The van der Waals surface area contributed by atoms with Crippen molar-refractivity contribution < 1.29 is 23.6 Å². The number of aromatic nitrogens is 2. The Labute approximate surface area is 195 Å². The van der Waals surface area contributed by atoms with Gasteiger partial charge in [-0.2, -0.15) is 4.40 Å². The van der Waals surface area contributed by atoms with E-state index < -0.39 is 5.97 Å². The molecule has 2 aromatic heterocycles. The summed E-state index contributed by atoms with van der Waals surface area (Å²) < 4.78 is 14.7. The van der Waals surface area contributed by atoms with Gasteiger partial charge in [0.15, 0.2) is 17.6 Å². The summed E-state index contributed by atoms with van der Waals surface area (Å²) in [5.74, 6) is -0.715. The van der Waals surface area contributed by atoms with Crippen LogP contribution in [-0.2, 0) is 20.8 Å². The molecule has 0 unspecified atom stereocenters. The first-order valence-corrected chi connectivity index (χ1v) is 11.5. The van der Waals surface area contributed by atoms with Crippen molar-refractivity contribution in [3.05, 3.63) is 72.4 Å². The van der Waals surface area contributed by atoms with E-state index in [-0.39, 0.29) is 19.1 Å². The summed E-state index contributed by atoms with van der Waals surface area (Å²) in [7, 11) is 0. The Balaban J connectivity index is 1.85. The molecule has 0 atom stereocenters. The quantitative estimate of drug-likeness (QED) is 0.273. The molecular formula is C28H23N2O4+. The molecule has 0 N–H and O–H groups in total. The molecule has 6 rings (SSSR count). The van der Waals surface area contributed by atoms with Crippen LogP contribution in [-0.4, -0.2) is 29.6 Å². The molecule has 2 heterocycles. The number of nitrogens with zero attached hydrogens (tertiary/aromatic N) is 2. The number of esters is 2. The van der Waals surface area contributed by atoms with Gasteiger partial charge in [-0.05, 0) is 47.5 Å². The molecule has 168 valence electrons. The number of rotatable bonds is 5. The molecule has 0 amide bonds. The minimum atomic E-state index is -0.391. The SMILES string of the molecule is CCOC(=O)C[n+]1c2ccccc2n2c(C(=O)OCC)c3c(cc21)c1cccc2cccc3c21. The molecule has 0 aliphatic heterocycles. The van der Waals surface area contributed by atoms with Crippen molar-refractivity contribution >= 4 is 60.9 Å². The number of hydrogen-bond donors (Lipinski definition) is 0. The van der Waals surface area contributed by atoms with Gasteiger partial charge in [0.2, 0.25) is 5.69 Å². The monoisotopic (exact) mass is 451 g/mol. The standard InChI is InChI=1S/C28H23N2O4/c1-3-33-24(31)16-29-21-13-5-6-14-22(21)30-23(29)15-20-18-11-7-9-17-10-8-12-19(25(17)18)26(20)27(30)28(32)34-4-2/h5-15H,3-4,16H2,1-2H3/q+1. The van der Waals surface area contributed by atoms with Crippen LogP contribution in [0.5, 0.6) is 0 Å². The maximum atomic E-state index is 13.5. The van der Waals surface area contributed by atoms with Crippen LogP contribution in [0.25, 0.3) is 49.0 Å². The Bertz CT molecular complexity index is 1740. The van der Waals surface area contributed by atoms with E-state index in [1.54, 1.807) is 6.92 Å². The van der Waals surface area contributed by atoms with Crippen molar-refractivity contribution in [3.8, 4) is 0 Å². The highest BCUT2D eigenvalue weighted by Crippen LogP contribution is 2.41. The van der Waals surface area contributed by atoms with Crippen molar-refractivity contribution in [1.82, 2.24) is 4.40 Å². The summed E-state index contributed by atoms with van der Waals surface area (Å²) in [5.41, 5.74) is 2.88. The van der Waals surface area contributed by atoms with E-state index in [0.717, 1.165) is 49.0 Å². The fourth-order valence-electron chi connectivity index (χ4n) is 5.22. The number of pyridine rings is 1. The number of ether oxygens (including phenoxy) is 2. The molecule has 0 spiro atoms. The summed E-state index contributed by atoms with van der Waals surface area (Å²) in [5, 5.41) is 6.16. The lowest BCUT2D eigenvalue weighted by Crippen LogP contribution is -2.38. The highest BCUT2D eigenvalue weighted by Gasteiger charge is 2.32. The molecule has 0 aliphatic rings. The highest BCUT2D eigenvalue weighted by atomic mass is 16.5. The van der Waals surface area contributed by atoms with E-state index >= 15 is 0 Å². The molecule has 0 aliphatic carbocycles. The Hall–Kier alpha value is -4.19. The number of benzene rings is 3. The van der Waals surface area contributed by atoms with Gasteiger partial charge in [0.05, 0.1) is 13.2 Å². The first-order chi connectivity index (χ1) is 16.6. The first-order valence-electron chi connectivity index (χ1n) is 11.5. The second kappa shape index (κ2) is 7.70. The van der Waals surface area contributed by atoms with Gasteiger partial charge in [-0.1, -0.05) is 48.5 Å². The van der Waals surface area contributed by atoms with Crippen LogP contribution < -0.4 is 4.57 Å². The number of hydrogen-bond acceptors (Lipinski definition) is 4. The van der Waals surface area contributed by atoms with Crippen LogP contribution >= 0.6 is 0 Å². The zero-order valence-electron chi connectivity index (χ0n) is 19.0. The van der Waals surface area contributed by atoms with Crippen LogP contribution in [0, 0.1) is 0 Å². The Kier molecular flexibility index (Phi) is 4.62. The second-order valence-corrected chi connectivity index (χ2v) is 8.28.